The first kappa shape index (κ1) is 28.5. The van der Waals surface area contributed by atoms with E-state index in [9.17, 15) is 19.8 Å². The number of carbonyl (C=O) groups excluding carboxylic acids is 2. The van der Waals surface area contributed by atoms with Crippen LogP contribution < -0.4 is 5.43 Å². The van der Waals surface area contributed by atoms with Crippen LogP contribution in [0.5, 0.6) is 0 Å². The topological polar surface area (TPSA) is 89.9 Å². The van der Waals surface area contributed by atoms with Crippen LogP contribution >= 0.6 is 11.6 Å². The summed E-state index contributed by atoms with van der Waals surface area (Å²) in [6.07, 6.45) is 9.11. The van der Waals surface area contributed by atoms with Gasteiger partial charge < -0.3 is 10.2 Å². The molecule has 3 N–H and O–H groups in total. The van der Waals surface area contributed by atoms with E-state index in [1.54, 1.807) is 0 Å². The van der Waals surface area contributed by atoms with Gasteiger partial charge >= 0.3 is 0 Å². The minimum absolute atomic E-state index is 0.119. The maximum Gasteiger partial charge on any atom is 0.262 e. The van der Waals surface area contributed by atoms with Crippen LogP contribution in [0.15, 0.2) is 30.3 Å². The average Bonchev–Trinajstić information content (AvgIpc) is 3.31. The van der Waals surface area contributed by atoms with Gasteiger partial charge in [0.05, 0.1) is 12.2 Å². The quantitative estimate of drug-likeness (QED) is 0.306. The zero-order valence-corrected chi connectivity index (χ0v) is 25.0. The predicted molar refractivity (Wildman–Crippen MR) is 155 cm³/mol. The Balaban J connectivity index is 1.09. The number of hydrogen-bond donors (Lipinski definition) is 3. The van der Waals surface area contributed by atoms with Crippen molar-refractivity contribution in [3.63, 3.8) is 0 Å². The van der Waals surface area contributed by atoms with Crippen molar-refractivity contribution in [3.05, 3.63) is 35.9 Å². The van der Waals surface area contributed by atoms with E-state index in [0.717, 1.165) is 50.5 Å². The molecule has 1 saturated heterocycles. The van der Waals surface area contributed by atoms with Crippen molar-refractivity contribution >= 4 is 23.4 Å². The molecule has 40 heavy (non-hydrogen) atoms. The minimum atomic E-state index is -0.662. The Kier molecular flexibility index (Phi) is 7.53. The number of aliphatic hydroxyl groups is 2. The van der Waals surface area contributed by atoms with Gasteiger partial charge in [0.2, 0.25) is 5.91 Å². The van der Waals surface area contributed by atoms with Gasteiger partial charge in [0.25, 0.3) is 5.91 Å². The molecule has 6 rings (SSSR count). The van der Waals surface area contributed by atoms with Crippen LogP contribution in [0.2, 0.25) is 0 Å². The number of nitrogens with one attached hydrogen (secondary N) is 1. The lowest BCUT2D eigenvalue weighted by molar-refractivity contribution is -0.175. The van der Waals surface area contributed by atoms with Gasteiger partial charge in [-0.15, -0.1) is 11.6 Å². The van der Waals surface area contributed by atoms with Crippen LogP contribution in [0.25, 0.3) is 0 Å². The van der Waals surface area contributed by atoms with Crippen LogP contribution in [0.4, 0.5) is 0 Å². The molecule has 0 radical (unpaired) electrons. The molecule has 12 atom stereocenters. The minimum Gasteiger partial charge on any atom is -0.393 e. The summed E-state index contributed by atoms with van der Waals surface area (Å²) in [4.78, 5) is 25.4. The summed E-state index contributed by atoms with van der Waals surface area (Å²) >= 11 is 6.31. The zero-order chi connectivity index (χ0) is 28.4. The van der Waals surface area contributed by atoms with Crippen molar-refractivity contribution < 1.29 is 19.8 Å². The van der Waals surface area contributed by atoms with E-state index in [1.807, 2.05) is 30.3 Å². The highest BCUT2D eigenvalue weighted by Crippen LogP contribution is 2.68. The molecule has 7 heteroatoms. The van der Waals surface area contributed by atoms with E-state index >= 15 is 0 Å². The third-order valence-electron chi connectivity index (χ3n) is 12.7. The largest absolute Gasteiger partial charge is 0.393 e. The zero-order valence-electron chi connectivity index (χ0n) is 24.3. The van der Waals surface area contributed by atoms with E-state index < -0.39 is 5.38 Å². The van der Waals surface area contributed by atoms with Gasteiger partial charge in [0.1, 0.15) is 11.4 Å². The molecule has 2 amide bonds. The van der Waals surface area contributed by atoms with Crippen LogP contribution in [0.1, 0.15) is 96.6 Å². The van der Waals surface area contributed by atoms with Crippen LogP contribution in [0.3, 0.4) is 0 Å². The number of carbonyl (C=O) groups is 2. The summed E-state index contributed by atoms with van der Waals surface area (Å²) < 4.78 is 0. The van der Waals surface area contributed by atoms with Crippen molar-refractivity contribution in [2.24, 2.45) is 46.3 Å². The molecule has 220 valence electrons. The van der Waals surface area contributed by atoms with Crippen LogP contribution in [-0.4, -0.2) is 44.6 Å². The Labute approximate surface area is 244 Å². The van der Waals surface area contributed by atoms with Gasteiger partial charge in [-0.3, -0.25) is 15.0 Å². The number of β-lactam (4-membered cyclic amide) rings is 1. The van der Waals surface area contributed by atoms with Gasteiger partial charge in [-0.1, -0.05) is 51.1 Å². The molecule has 5 fully saturated rings. The number of hydrogen-bond acceptors (Lipinski definition) is 4. The number of hydrazine groups is 1. The van der Waals surface area contributed by atoms with Gasteiger partial charge in [-0.05, 0) is 110 Å². The molecule has 0 aromatic heterocycles. The first-order valence-corrected chi connectivity index (χ1v) is 16.2. The molecule has 6 nitrogen and oxygen atoms in total. The monoisotopic (exact) mass is 570 g/mol. The van der Waals surface area contributed by atoms with Gasteiger partial charge in [0.15, 0.2) is 0 Å². The number of amides is 2. The summed E-state index contributed by atoms with van der Waals surface area (Å²) in [5.74, 6) is 2.58. The van der Waals surface area contributed by atoms with E-state index in [1.165, 1.54) is 17.9 Å². The Bertz CT molecular complexity index is 1120. The van der Waals surface area contributed by atoms with Crippen LogP contribution in [0, 0.1) is 46.3 Å². The van der Waals surface area contributed by atoms with Crippen molar-refractivity contribution in [1.82, 2.24) is 10.4 Å². The van der Waals surface area contributed by atoms with Gasteiger partial charge in [-0.25, -0.2) is 5.01 Å². The predicted octanol–water partition coefficient (Wildman–Crippen LogP) is 5.62. The normalized spacial score (nSPS) is 45.1. The number of rotatable bonds is 6. The van der Waals surface area contributed by atoms with Crippen LogP contribution in [-0.2, 0) is 9.59 Å². The Morgan fingerprint density at radius 2 is 1.82 bits per heavy atom. The van der Waals surface area contributed by atoms with E-state index in [4.69, 9.17) is 11.6 Å². The number of halogens is 1. The molecule has 1 heterocycles. The van der Waals surface area contributed by atoms with Crippen molar-refractivity contribution in [2.75, 3.05) is 0 Å². The summed E-state index contributed by atoms with van der Waals surface area (Å²) in [5, 5.41) is 22.9. The lowest BCUT2D eigenvalue weighted by Crippen LogP contribution is -2.63. The van der Waals surface area contributed by atoms with Gasteiger partial charge in [0, 0.05) is 6.42 Å². The molecule has 1 aliphatic heterocycles. The fourth-order valence-corrected chi connectivity index (χ4v) is 10.8. The lowest BCUT2D eigenvalue weighted by Gasteiger charge is -2.62. The molecule has 4 saturated carbocycles. The SMILES string of the molecule is C[C@H](CCC(=O)NN1C(=O)[C@H](Cl)[C@H]1c1ccccc1)[C@H]1CC[C@H]2[C@@H]3CC[C@@H]4C[C@H](O)CC[C@]4(C)[C@H]3C[C@H](O)[C@]12C. The number of alkyl halides is 1. The molecule has 5 aliphatic rings. The van der Waals surface area contributed by atoms with E-state index in [-0.39, 0.29) is 40.9 Å². The van der Waals surface area contributed by atoms with Crippen molar-refractivity contribution in [2.45, 2.75) is 109 Å². The Hall–Kier alpha value is -1.63. The third kappa shape index (κ3) is 4.43. The number of nitrogens with zero attached hydrogens (tertiary/aromatic N) is 1. The van der Waals surface area contributed by atoms with E-state index in [0.29, 0.717) is 41.9 Å². The average molecular weight is 571 g/mol. The molecule has 0 bridgehead atoms. The molecule has 1 aromatic rings. The highest BCUT2D eigenvalue weighted by Gasteiger charge is 2.63. The van der Waals surface area contributed by atoms with E-state index in [2.05, 4.69) is 26.2 Å². The molecular formula is C33H47ClN2O4. The second-order valence-electron chi connectivity index (χ2n) is 14.4. The fraction of sp³-hybridized carbons (Fsp3) is 0.758. The third-order valence-corrected chi connectivity index (χ3v) is 13.2. The highest BCUT2D eigenvalue weighted by atomic mass is 35.5. The molecule has 0 spiro atoms. The highest BCUT2D eigenvalue weighted by molar-refractivity contribution is 6.33. The summed E-state index contributed by atoms with van der Waals surface area (Å²) in [5.41, 5.74) is 3.86. The molecular weight excluding hydrogens is 524 g/mol. The molecule has 0 unspecified atom stereocenters. The standard InChI is InChI=1S/C33H47ClN2O4/c1-19(9-14-28(39)35-36-30(29(34)31(36)40)20-7-5-4-6-8-20)24-12-13-25-23-11-10-21-17-22(37)15-16-32(21,2)26(23)18-27(38)33(24,25)3/h4-8,19,21-27,29-30,37-38H,9-18H2,1-3H3,(H,35,39)/t19-,21-,22-,23+,24-,25+,26+,27+,29-,30-,32+,33-/m1/s1. The number of aliphatic hydroxyl groups excluding tert-OH is 2. The number of benzene rings is 1. The lowest BCUT2D eigenvalue weighted by atomic mass is 9.43. The second-order valence-corrected chi connectivity index (χ2v) is 14.9. The van der Waals surface area contributed by atoms with Crippen molar-refractivity contribution in [3.8, 4) is 0 Å². The Morgan fingerprint density at radius 3 is 2.58 bits per heavy atom. The second kappa shape index (κ2) is 10.6. The van der Waals surface area contributed by atoms with Crippen molar-refractivity contribution in [1.29, 1.82) is 0 Å². The maximum absolute atomic E-state index is 13.0. The Morgan fingerprint density at radius 1 is 1.07 bits per heavy atom. The molecule has 1 aromatic carbocycles. The smallest absolute Gasteiger partial charge is 0.262 e. The van der Waals surface area contributed by atoms with Gasteiger partial charge in [-0.2, -0.15) is 0 Å². The first-order chi connectivity index (χ1) is 19.1. The maximum atomic E-state index is 13.0. The first-order valence-electron chi connectivity index (χ1n) is 15.7. The fourth-order valence-electron chi connectivity index (χ4n) is 10.5. The number of fused-ring (bicyclic) bond motifs is 5. The summed E-state index contributed by atoms with van der Waals surface area (Å²) in [6, 6.07) is 9.24. The summed E-state index contributed by atoms with van der Waals surface area (Å²) in [6.45, 7) is 7.05. The molecule has 4 aliphatic carbocycles. The summed E-state index contributed by atoms with van der Waals surface area (Å²) in [7, 11) is 0.